The molecule has 0 bridgehead atoms. The number of esters is 1. The Bertz CT molecular complexity index is 592. The van der Waals surface area contributed by atoms with Gasteiger partial charge in [-0.2, -0.15) is 9.72 Å². The van der Waals surface area contributed by atoms with Gasteiger partial charge in [0.25, 0.3) is 5.91 Å². The fraction of sp³-hybridized carbons (Fsp3) is 0.400. The van der Waals surface area contributed by atoms with Crippen molar-refractivity contribution in [1.29, 1.82) is 0 Å². The molecule has 0 aliphatic heterocycles. The minimum atomic E-state index is -0.773. The molecule has 1 heterocycles. The number of carbonyl (C=O) groups is 2. The smallest absolute Gasteiger partial charge is 0.362 e. The van der Waals surface area contributed by atoms with E-state index in [-0.39, 0.29) is 28.7 Å². The molecule has 0 unspecified atom stereocenters. The number of ether oxygens (including phenoxy) is 1. The second-order valence-corrected chi connectivity index (χ2v) is 4.30. The van der Waals surface area contributed by atoms with Crippen LogP contribution in [0.15, 0.2) is 15.5 Å². The molecule has 10 heteroatoms. The molecule has 0 saturated heterocycles. The number of carbonyl (C=O) groups excluding carboxylic acids is 2. The van der Waals surface area contributed by atoms with Crippen molar-refractivity contribution in [2.75, 3.05) is 19.6 Å². The Kier molecular flexibility index (Phi) is 6.19. The van der Waals surface area contributed by atoms with E-state index in [2.05, 4.69) is 15.0 Å². The Balaban J connectivity index is 3.24. The van der Waals surface area contributed by atoms with Crippen LogP contribution in [0.2, 0.25) is 0 Å². The van der Waals surface area contributed by atoms with Crippen LogP contribution < -0.4 is 4.80 Å². The van der Waals surface area contributed by atoms with E-state index in [1.54, 1.807) is 6.92 Å². The van der Waals surface area contributed by atoms with Crippen molar-refractivity contribution >= 4 is 40.5 Å². The molecule has 0 aliphatic rings. The summed E-state index contributed by atoms with van der Waals surface area (Å²) in [5, 5.41) is 14.8. The van der Waals surface area contributed by atoms with E-state index in [0.29, 0.717) is 4.73 Å². The number of halogens is 1. The lowest BCUT2D eigenvalue weighted by Crippen LogP contribution is -2.25. The minimum absolute atomic E-state index is 0.00331. The minimum Gasteiger partial charge on any atom is -0.461 e. The maximum absolute atomic E-state index is 11.7. The fourth-order valence-corrected chi connectivity index (χ4v) is 2.00. The highest BCUT2D eigenvalue weighted by Gasteiger charge is 2.22. The fourth-order valence-electron chi connectivity index (χ4n) is 1.16. The van der Waals surface area contributed by atoms with Crippen LogP contribution in [0.1, 0.15) is 12.6 Å². The summed E-state index contributed by atoms with van der Waals surface area (Å²) in [6, 6.07) is 0. The van der Waals surface area contributed by atoms with Gasteiger partial charge in [0.2, 0.25) is 10.5 Å². The number of alkyl halides is 1. The summed E-state index contributed by atoms with van der Waals surface area (Å²) >= 11 is 6.25. The molecular weight excluding hydrogens is 310 g/mol. The molecule has 110 valence electrons. The summed E-state index contributed by atoms with van der Waals surface area (Å²) in [5.74, 6) is -1.71. The third kappa shape index (κ3) is 3.81. The number of hydrogen-bond donors (Lipinski definition) is 1. The molecule has 0 spiro atoms. The summed E-state index contributed by atoms with van der Waals surface area (Å²) in [6.07, 6.45) is 0. The largest absolute Gasteiger partial charge is 0.461 e. The highest BCUT2D eigenvalue weighted by molar-refractivity contribution is 7.07. The van der Waals surface area contributed by atoms with Gasteiger partial charge in [-0.15, -0.1) is 22.9 Å². The van der Waals surface area contributed by atoms with E-state index in [4.69, 9.17) is 16.3 Å². The molecule has 0 saturated carbocycles. The van der Waals surface area contributed by atoms with Crippen molar-refractivity contribution in [1.82, 2.24) is 4.73 Å². The Morgan fingerprint density at radius 1 is 1.55 bits per heavy atom. The number of amides is 1. The number of oxime groups is 1. The van der Waals surface area contributed by atoms with Gasteiger partial charge in [-0.05, 0) is 6.92 Å². The first kappa shape index (κ1) is 16.2. The Labute approximate surface area is 122 Å². The Hall–Kier alpha value is -1.87. The van der Waals surface area contributed by atoms with Crippen LogP contribution in [-0.4, -0.2) is 47.1 Å². The van der Waals surface area contributed by atoms with Crippen LogP contribution in [0.3, 0.4) is 0 Å². The van der Waals surface area contributed by atoms with E-state index >= 15 is 0 Å². The van der Waals surface area contributed by atoms with Gasteiger partial charge < -0.3 is 14.8 Å². The highest BCUT2D eigenvalue weighted by atomic mass is 35.5. The van der Waals surface area contributed by atoms with Crippen LogP contribution in [0.4, 0.5) is 0 Å². The summed E-state index contributed by atoms with van der Waals surface area (Å²) in [7, 11) is 1.25. The maximum atomic E-state index is 11.7. The zero-order valence-electron chi connectivity index (χ0n) is 10.7. The topological polar surface area (TPSA) is 102 Å². The van der Waals surface area contributed by atoms with E-state index < -0.39 is 11.9 Å². The summed E-state index contributed by atoms with van der Waals surface area (Å²) in [4.78, 5) is 30.9. The van der Waals surface area contributed by atoms with E-state index in [9.17, 15) is 14.8 Å². The predicted octanol–water partition coefficient (Wildman–Crippen LogP) is 0.367. The SMILES string of the molecule is CCOC(=O)/C(=N\OC)c1csc(=NC(=O)CCl)n1O. The van der Waals surface area contributed by atoms with Gasteiger partial charge in [0.15, 0.2) is 0 Å². The molecule has 0 aromatic carbocycles. The van der Waals surface area contributed by atoms with Crippen molar-refractivity contribution in [3.8, 4) is 0 Å². The molecule has 0 fully saturated rings. The van der Waals surface area contributed by atoms with Gasteiger partial charge in [-0.25, -0.2) is 4.79 Å². The number of thiazole rings is 1. The second kappa shape index (κ2) is 7.65. The predicted molar refractivity (Wildman–Crippen MR) is 71.0 cm³/mol. The van der Waals surface area contributed by atoms with E-state index in [1.165, 1.54) is 12.5 Å². The lowest BCUT2D eigenvalue weighted by Gasteiger charge is -2.04. The highest BCUT2D eigenvalue weighted by Crippen LogP contribution is 2.05. The molecule has 1 aromatic heterocycles. The molecule has 20 heavy (non-hydrogen) atoms. The third-order valence-electron chi connectivity index (χ3n) is 1.91. The Morgan fingerprint density at radius 3 is 2.80 bits per heavy atom. The molecule has 0 atom stereocenters. The summed E-state index contributed by atoms with van der Waals surface area (Å²) < 4.78 is 5.33. The van der Waals surface area contributed by atoms with Gasteiger partial charge in [-0.1, -0.05) is 5.16 Å². The van der Waals surface area contributed by atoms with Crippen LogP contribution in [-0.2, 0) is 19.2 Å². The van der Waals surface area contributed by atoms with Gasteiger partial charge >= 0.3 is 5.97 Å². The van der Waals surface area contributed by atoms with Gasteiger partial charge in [0.1, 0.15) is 18.7 Å². The average molecular weight is 322 g/mol. The Morgan fingerprint density at radius 2 is 2.25 bits per heavy atom. The van der Waals surface area contributed by atoms with Gasteiger partial charge in [-0.3, -0.25) is 4.79 Å². The molecular formula is C10H12ClN3O5S. The number of hydrogen-bond acceptors (Lipinski definition) is 7. The van der Waals surface area contributed by atoms with Gasteiger partial charge in [0.05, 0.1) is 6.61 Å². The van der Waals surface area contributed by atoms with Crippen LogP contribution >= 0.6 is 22.9 Å². The van der Waals surface area contributed by atoms with Crippen LogP contribution in [0.25, 0.3) is 0 Å². The zero-order valence-corrected chi connectivity index (χ0v) is 12.3. The van der Waals surface area contributed by atoms with Crippen molar-refractivity contribution < 1.29 is 24.4 Å². The quantitative estimate of drug-likeness (QED) is 0.277. The third-order valence-corrected chi connectivity index (χ3v) is 2.96. The standard InChI is InChI=1S/C10H12ClN3O5S/c1-3-19-9(16)8(13-18-2)6-5-20-10(14(6)17)12-7(15)4-11/h5,17H,3-4H2,1-2H3/b12-10?,13-8-. The lowest BCUT2D eigenvalue weighted by molar-refractivity contribution is -0.135. The second-order valence-electron chi connectivity index (χ2n) is 3.20. The molecule has 1 rings (SSSR count). The van der Waals surface area contributed by atoms with Crippen molar-refractivity contribution in [2.45, 2.75) is 6.92 Å². The monoisotopic (exact) mass is 321 g/mol. The molecule has 0 aliphatic carbocycles. The molecule has 0 radical (unpaired) electrons. The van der Waals surface area contributed by atoms with Crippen molar-refractivity contribution in [2.24, 2.45) is 10.1 Å². The first-order valence-electron chi connectivity index (χ1n) is 5.37. The normalized spacial score (nSPS) is 12.3. The number of nitrogens with zero attached hydrogens (tertiary/aromatic N) is 3. The average Bonchev–Trinajstić information content (AvgIpc) is 2.77. The van der Waals surface area contributed by atoms with Crippen LogP contribution in [0.5, 0.6) is 0 Å². The molecule has 8 nitrogen and oxygen atoms in total. The van der Waals surface area contributed by atoms with Gasteiger partial charge in [0, 0.05) is 5.38 Å². The number of aromatic nitrogens is 1. The first-order valence-corrected chi connectivity index (χ1v) is 6.78. The van der Waals surface area contributed by atoms with Crippen LogP contribution in [0, 0.1) is 0 Å². The first-order chi connectivity index (χ1) is 9.54. The number of rotatable bonds is 5. The van der Waals surface area contributed by atoms with E-state index in [1.807, 2.05) is 0 Å². The summed E-state index contributed by atoms with van der Waals surface area (Å²) in [5.41, 5.74) is -0.246. The summed E-state index contributed by atoms with van der Waals surface area (Å²) in [6.45, 7) is 1.77. The molecule has 1 amide bonds. The molecule has 1 N–H and O–H groups in total. The molecule has 1 aromatic rings. The van der Waals surface area contributed by atoms with Crippen molar-refractivity contribution in [3.63, 3.8) is 0 Å². The lowest BCUT2D eigenvalue weighted by atomic mass is 10.3. The zero-order chi connectivity index (χ0) is 15.1. The maximum Gasteiger partial charge on any atom is 0.362 e. The van der Waals surface area contributed by atoms with Crippen molar-refractivity contribution in [3.05, 3.63) is 15.9 Å². The van der Waals surface area contributed by atoms with E-state index in [0.717, 1.165) is 11.3 Å².